The van der Waals surface area contributed by atoms with Crippen molar-refractivity contribution < 1.29 is 22.7 Å². The molecule has 0 aliphatic carbocycles. The van der Waals surface area contributed by atoms with E-state index in [-0.39, 0.29) is 27.8 Å². The fraction of sp³-hybridized carbons (Fsp3) is 0.312. The molecule has 2 rings (SSSR count). The van der Waals surface area contributed by atoms with Crippen LogP contribution < -0.4 is 21.5 Å². The lowest BCUT2D eigenvalue weighted by atomic mass is 10.2. The van der Waals surface area contributed by atoms with E-state index in [4.69, 9.17) is 16.2 Å². The number of aromatic nitrogens is 1. The van der Waals surface area contributed by atoms with Crippen LogP contribution in [0.25, 0.3) is 0 Å². The summed E-state index contributed by atoms with van der Waals surface area (Å²) in [7, 11) is -2.46. The number of rotatable bonds is 8. The van der Waals surface area contributed by atoms with Crippen LogP contribution in [0.1, 0.15) is 26.5 Å². The van der Waals surface area contributed by atoms with Gasteiger partial charge in [-0.1, -0.05) is 0 Å². The summed E-state index contributed by atoms with van der Waals surface area (Å²) < 4.78 is 31.8. The Labute approximate surface area is 166 Å². The number of nitrogen functional groups attached to an aromatic ring is 1. The van der Waals surface area contributed by atoms with E-state index < -0.39 is 22.0 Å². The average molecular weight is 428 g/mol. The zero-order valence-electron chi connectivity index (χ0n) is 15.3. The zero-order valence-corrected chi connectivity index (χ0v) is 16.9. The number of nitrogens with one attached hydrogen (secondary N) is 2. The molecule has 12 heteroatoms. The van der Waals surface area contributed by atoms with Crippen LogP contribution in [0.3, 0.4) is 0 Å². The number of ether oxygens (including phenoxy) is 1. The number of nitrogens with zero attached hydrogens (tertiary/aromatic N) is 1. The molecule has 3 amide bonds. The minimum absolute atomic E-state index is 0.0318. The van der Waals surface area contributed by atoms with Crippen molar-refractivity contribution in [2.75, 3.05) is 19.5 Å². The molecule has 0 aliphatic heterocycles. The smallest absolute Gasteiger partial charge is 0.329 e. The van der Waals surface area contributed by atoms with Gasteiger partial charge in [-0.2, -0.15) is 0 Å². The number of hydrogen-bond donors (Lipinski definition) is 4. The highest BCUT2D eigenvalue weighted by molar-refractivity contribution is 7.92. The van der Waals surface area contributed by atoms with Gasteiger partial charge in [0.25, 0.3) is 10.0 Å². The number of carbonyl (C=O) groups excluding carboxylic acids is 2. The molecule has 0 spiro atoms. The molecule has 0 aliphatic rings. The van der Waals surface area contributed by atoms with Gasteiger partial charge in [0, 0.05) is 24.0 Å². The molecule has 0 bridgehead atoms. The number of thiophene rings is 1. The van der Waals surface area contributed by atoms with Crippen LogP contribution >= 0.6 is 11.3 Å². The van der Waals surface area contributed by atoms with Gasteiger partial charge in [-0.25, -0.2) is 22.9 Å². The first-order valence-corrected chi connectivity index (χ1v) is 10.4. The fourth-order valence-electron chi connectivity index (χ4n) is 2.29. The molecule has 28 heavy (non-hydrogen) atoms. The Morgan fingerprint density at radius 1 is 1.29 bits per heavy atom. The maximum absolute atomic E-state index is 12.4. The quantitative estimate of drug-likeness (QED) is 0.476. The Morgan fingerprint density at radius 2 is 2.00 bits per heavy atom. The van der Waals surface area contributed by atoms with E-state index in [0.717, 1.165) is 21.8 Å². The Morgan fingerprint density at radius 3 is 2.64 bits per heavy atom. The predicted octanol–water partition coefficient (Wildman–Crippen LogP) is 0.510. The third kappa shape index (κ3) is 5.65. The van der Waals surface area contributed by atoms with Gasteiger partial charge < -0.3 is 21.5 Å². The third-order valence-electron chi connectivity index (χ3n) is 3.64. The number of pyridine rings is 1. The molecule has 0 atom stereocenters. The third-order valence-corrected chi connectivity index (χ3v) is 6.74. The van der Waals surface area contributed by atoms with Crippen molar-refractivity contribution in [3.8, 4) is 0 Å². The number of sulfonamides is 1. The van der Waals surface area contributed by atoms with Crippen molar-refractivity contribution in [2.24, 2.45) is 5.73 Å². The maximum atomic E-state index is 12.4. The molecule has 6 N–H and O–H groups in total. The topological polar surface area (TPSA) is 166 Å². The van der Waals surface area contributed by atoms with Crippen molar-refractivity contribution in [1.29, 1.82) is 0 Å². The van der Waals surface area contributed by atoms with E-state index >= 15 is 0 Å². The molecule has 10 nitrogen and oxygen atoms in total. The number of nitrogens with two attached hydrogens (primary N) is 2. The number of hydrogen-bond acceptors (Lipinski definition) is 8. The number of primary amides is 1. The van der Waals surface area contributed by atoms with E-state index in [1.165, 1.54) is 18.2 Å². The first kappa shape index (κ1) is 21.6. The maximum Gasteiger partial charge on any atom is 0.329 e. The van der Waals surface area contributed by atoms with Crippen LogP contribution in [0.4, 0.5) is 10.6 Å². The summed E-state index contributed by atoms with van der Waals surface area (Å²) in [5, 5.41) is 2.36. The van der Waals surface area contributed by atoms with Crippen LogP contribution in [0.5, 0.6) is 0 Å². The molecule has 0 saturated heterocycles. The second-order valence-electron chi connectivity index (χ2n) is 5.84. The van der Waals surface area contributed by atoms with E-state index in [1.54, 1.807) is 14.0 Å². The van der Waals surface area contributed by atoms with Gasteiger partial charge in [0.1, 0.15) is 10.0 Å². The Kier molecular flexibility index (Phi) is 6.94. The van der Waals surface area contributed by atoms with Crippen molar-refractivity contribution >= 4 is 39.1 Å². The summed E-state index contributed by atoms with van der Waals surface area (Å²) in [5.74, 6) is -0.640. The molecule has 152 valence electrons. The number of carbonyl (C=O) groups is 2. The largest absolute Gasteiger partial charge is 0.384 e. The number of anilines is 1. The lowest BCUT2D eigenvalue weighted by Gasteiger charge is -2.08. The number of aryl methyl sites for hydroxylation is 1. The summed E-state index contributed by atoms with van der Waals surface area (Å²) in [6.07, 6.45) is 0.581. The van der Waals surface area contributed by atoms with Gasteiger partial charge in [0.15, 0.2) is 0 Å². The summed E-state index contributed by atoms with van der Waals surface area (Å²) in [5.41, 5.74) is 12.0. The molecule has 0 aromatic carbocycles. The summed E-state index contributed by atoms with van der Waals surface area (Å²) in [6.45, 7) is 2.12. The van der Waals surface area contributed by atoms with Crippen LogP contribution in [0.15, 0.2) is 22.4 Å². The molecular formula is C16H21N5O5S2. The molecular weight excluding hydrogens is 406 g/mol. The van der Waals surface area contributed by atoms with Crippen molar-refractivity contribution in [1.82, 2.24) is 15.0 Å². The summed E-state index contributed by atoms with van der Waals surface area (Å²) >= 11 is 1.08. The number of amides is 3. The molecule has 0 radical (unpaired) electrons. The van der Waals surface area contributed by atoms with Gasteiger partial charge in [-0.3, -0.25) is 4.79 Å². The van der Waals surface area contributed by atoms with Gasteiger partial charge in [-0.05, 0) is 30.7 Å². The molecule has 0 fully saturated rings. The predicted molar refractivity (Wildman–Crippen MR) is 104 cm³/mol. The van der Waals surface area contributed by atoms with E-state index in [2.05, 4.69) is 10.3 Å². The average Bonchev–Trinajstić information content (AvgIpc) is 2.99. The minimum atomic E-state index is -4.02. The molecule has 0 saturated carbocycles. The van der Waals surface area contributed by atoms with E-state index in [0.29, 0.717) is 13.0 Å². The number of methoxy groups -OCH3 is 1. The summed E-state index contributed by atoms with van der Waals surface area (Å²) in [6, 6.07) is 3.23. The van der Waals surface area contributed by atoms with Crippen LogP contribution in [0, 0.1) is 6.92 Å². The lowest BCUT2D eigenvalue weighted by Crippen LogP contribution is -2.39. The molecule has 2 heterocycles. The van der Waals surface area contributed by atoms with Gasteiger partial charge in [0.2, 0.25) is 5.91 Å². The molecule has 0 unspecified atom stereocenters. The minimum Gasteiger partial charge on any atom is -0.384 e. The normalized spacial score (nSPS) is 11.2. The monoisotopic (exact) mass is 427 g/mol. The molecule has 2 aromatic heterocycles. The van der Waals surface area contributed by atoms with Crippen molar-refractivity contribution in [3.05, 3.63) is 39.9 Å². The second-order valence-corrected chi connectivity index (χ2v) is 8.88. The van der Waals surface area contributed by atoms with Gasteiger partial charge >= 0.3 is 6.03 Å². The Balaban J connectivity index is 2.03. The highest BCUT2D eigenvalue weighted by Crippen LogP contribution is 2.26. The highest BCUT2D eigenvalue weighted by atomic mass is 32.2. The zero-order chi connectivity index (χ0) is 20.9. The molecule has 2 aromatic rings. The van der Waals surface area contributed by atoms with Crippen molar-refractivity contribution in [3.63, 3.8) is 0 Å². The summed E-state index contributed by atoms with van der Waals surface area (Å²) in [4.78, 5) is 28.1. The van der Waals surface area contributed by atoms with Gasteiger partial charge in [-0.15, -0.1) is 11.3 Å². The SMILES string of the molecule is COCCc1sc(S(=O)(=O)NC(=O)NCc2cc(C(N)=O)cc(N)n2)cc1C. The van der Waals surface area contributed by atoms with E-state index in [9.17, 15) is 18.0 Å². The number of urea groups is 1. The van der Waals surface area contributed by atoms with Crippen LogP contribution in [-0.2, 0) is 27.7 Å². The Bertz CT molecular complexity index is 987. The van der Waals surface area contributed by atoms with Crippen LogP contribution in [-0.4, -0.2) is 39.1 Å². The second kappa shape index (κ2) is 8.99. The first-order chi connectivity index (χ1) is 13.1. The Hall–Kier alpha value is -2.70. The van der Waals surface area contributed by atoms with Crippen molar-refractivity contribution in [2.45, 2.75) is 24.1 Å². The van der Waals surface area contributed by atoms with E-state index in [1.807, 2.05) is 4.72 Å². The van der Waals surface area contributed by atoms with Gasteiger partial charge in [0.05, 0.1) is 18.8 Å². The standard InChI is InChI=1S/C16H21N5O5S2/c1-9-5-14(27-12(9)3-4-26-2)28(24,25)21-16(23)19-8-11-6-10(15(18)22)7-13(17)20-11/h5-7H,3-4,8H2,1-2H3,(H2,17,20)(H2,18,22)(H2,19,21,23). The first-order valence-electron chi connectivity index (χ1n) is 8.07. The fourth-order valence-corrected chi connectivity index (χ4v) is 4.79. The van der Waals surface area contributed by atoms with Crippen LogP contribution in [0.2, 0.25) is 0 Å². The lowest BCUT2D eigenvalue weighted by molar-refractivity contribution is 0.1000. The highest BCUT2D eigenvalue weighted by Gasteiger charge is 2.21.